The second-order valence-corrected chi connectivity index (χ2v) is 6.96. The SMILES string of the molecule is O=C(CSc1ccc(Cl)cc1)N/N=C\c1cc(Cl)c2c(c1)OCCO2. The van der Waals surface area contributed by atoms with Gasteiger partial charge in [-0.15, -0.1) is 11.8 Å². The summed E-state index contributed by atoms with van der Waals surface area (Å²) in [4.78, 5) is 12.8. The lowest BCUT2D eigenvalue weighted by atomic mass is 10.2. The molecule has 0 aliphatic carbocycles. The highest BCUT2D eigenvalue weighted by Gasteiger charge is 2.16. The van der Waals surface area contributed by atoms with Crippen LogP contribution in [0.4, 0.5) is 0 Å². The number of ether oxygens (including phenoxy) is 2. The van der Waals surface area contributed by atoms with Crippen molar-refractivity contribution in [3.8, 4) is 11.5 Å². The first kappa shape index (κ1) is 17.9. The van der Waals surface area contributed by atoms with E-state index in [4.69, 9.17) is 32.7 Å². The van der Waals surface area contributed by atoms with Crippen LogP contribution in [0, 0.1) is 0 Å². The van der Waals surface area contributed by atoms with Crippen molar-refractivity contribution in [2.24, 2.45) is 5.10 Å². The average molecular weight is 397 g/mol. The lowest BCUT2D eigenvalue weighted by Crippen LogP contribution is -2.19. The zero-order chi connectivity index (χ0) is 17.6. The van der Waals surface area contributed by atoms with E-state index in [2.05, 4.69) is 10.5 Å². The Kier molecular flexibility index (Phi) is 6.07. The highest BCUT2D eigenvalue weighted by atomic mass is 35.5. The van der Waals surface area contributed by atoms with Gasteiger partial charge in [0.2, 0.25) is 5.91 Å². The number of carbonyl (C=O) groups excluding carboxylic acids is 1. The average Bonchev–Trinajstić information content (AvgIpc) is 2.61. The Hall–Kier alpha value is -1.89. The number of benzene rings is 2. The molecule has 3 rings (SSSR count). The van der Waals surface area contributed by atoms with Gasteiger partial charge < -0.3 is 9.47 Å². The molecule has 1 aliphatic heterocycles. The summed E-state index contributed by atoms with van der Waals surface area (Å²) < 4.78 is 10.9. The third-order valence-electron chi connectivity index (χ3n) is 3.21. The van der Waals surface area contributed by atoms with Crippen molar-refractivity contribution in [3.63, 3.8) is 0 Å². The molecule has 0 spiro atoms. The molecule has 130 valence electrons. The number of hydrazone groups is 1. The predicted molar refractivity (Wildman–Crippen MR) is 100 cm³/mol. The Morgan fingerprint density at radius 3 is 2.76 bits per heavy atom. The van der Waals surface area contributed by atoms with Gasteiger partial charge in [-0.1, -0.05) is 23.2 Å². The van der Waals surface area contributed by atoms with Crippen LogP contribution < -0.4 is 14.9 Å². The van der Waals surface area contributed by atoms with Gasteiger partial charge in [0.1, 0.15) is 13.2 Å². The van der Waals surface area contributed by atoms with Crippen LogP contribution >= 0.6 is 35.0 Å². The molecule has 5 nitrogen and oxygen atoms in total. The van der Waals surface area contributed by atoms with E-state index in [-0.39, 0.29) is 11.7 Å². The summed E-state index contributed by atoms with van der Waals surface area (Å²) in [5.74, 6) is 1.15. The minimum atomic E-state index is -0.208. The molecule has 2 aromatic carbocycles. The van der Waals surface area contributed by atoms with Crippen molar-refractivity contribution >= 4 is 47.1 Å². The molecule has 25 heavy (non-hydrogen) atoms. The summed E-state index contributed by atoms with van der Waals surface area (Å²) in [5, 5.41) is 5.05. The van der Waals surface area contributed by atoms with Gasteiger partial charge in [-0.05, 0) is 42.0 Å². The number of hydrogen-bond acceptors (Lipinski definition) is 5. The Labute approximate surface area is 159 Å². The normalized spacial score (nSPS) is 13.0. The third-order valence-corrected chi connectivity index (χ3v) is 4.75. The van der Waals surface area contributed by atoms with Crippen molar-refractivity contribution in [1.29, 1.82) is 0 Å². The molecule has 0 unspecified atom stereocenters. The van der Waals surface area contributed by atoms with Crippen LogP contribution in [0.1, 0.15) is 5.56 Å². The molecule has 1 aliphatic rings. The summed E-state index contributed by atoms with van der Waals surface area (Å²) in [6.07, 6.45) is 1.51. The molecule has 1 heterocycles. The Bertz CT molecular complexity index is 797. The van der Waals surface area contributed by atoms with E-state index >= 15 is 0 Å². The first-order valence-corrected chi connectivity index (χ1v) is 9.15. The van der Waals surface area contributed by atoms with Crippen molar-refractivity contribution in [1.82, 2.24) is 5.43 Å². The number of thioether (sulfide) groups is 1. The third kappa shape index (κ3) is 5.04. The van der Waals surface area contributed by atoms with Crippen LogP contribution in [0.2, 0.25) is 10.0 Å². The van der Waals surface area contributed by atoms with Crippen LogP contribution in [0.5, 0.6) is 11.5 Å². The van der Waals surface area contributed by atoms with E-state index in [0.717, 1.165) is 4.90 Å². The number of nitrogens with one attached hydrogen (secondary N) is 1. The highest BCUT2D eigenvalue weighted by Crippen LogP contribution is 2.37. The molecule has 1 N–H and O–H groups in total. The molecule has 0 atom stereocenters. The Morgan fingerprint density at radius 1 is 1.20 bits per heavy atom. The number of fused-ring (bicyclic) bond motifs is 1. The van der Waals surface area contributed by atoms with Gasteiger partial charge in [0.25, 0.3) is 0 Å². The molecular weight excluding hydrogens is 383 g/mol. The first-order chi connectivity index (χ1) is 12.1. The molecule has 0 saturated heterocycles. The summed E-state index contributed by atoms with van der Waals surface area (Å²) in [6, 6.07) is 10.8. The van der Waals surface area contributed by atoms with Gasteiger partial charge in [-0.25, -0.2) is 5.43 Å². The lowest BCUT2D eigenvalue weighted by Gasteiger charge is -2.19. The van der Waals surface area contributed by atoms with Gasteiger partial charge >= 0.3 is 0 Å². The lowest BCUT2D eigenvalue weighted by molar-refractivity contribution is -0.118. The molecule has 0 radical (unpaired) electrons. The van der Waals surface area contributed by atoms with Gasteiger partial charge in [-0.2, -0.15) is 5.10 Å². The van der Waals surface area contributed by atoms with Gasteiger partial charge in [0.15, 0.2) is 11.5 Å². The molecule has 1 amide bonds. The van der Waals surface area contributed by atoms with Gasteiger partial charge in [0, 0.05) is 9.92 Å². The van der Waals surface area contributed by atoms with Crippen molar-refractivity contribution in [2.45, 2.75) is 4.90 Å². The second-order valence-electron chi connectivity index (χ2n) is 5.06. The summed E-state index contributed by atoms with van der Waals surface area (Å²) >= 11 is 13.4. The fourth-order valence-electron chi connectivity index (χ4n) is 2.10. The highest BCUT2D eigenvalue weighted by molar-refractivity contribution is 8.00. The topological polar surface area (TPSA) is 59.9 Å². The van der Waals surface area contributed by atoms with Crippen molar-refractivity contribution in [2.75, 3.05) is 19.0 Å². The molecule has 2 aromatic rings. The fraction of sp³-hybridized carbons (Fsp3) is 0.176. The van der Waals surface area contributed by atoms with E-state index < -0.39 is 0 Å². The maximum absolute atomic E-state index is 11.8. The largest absolute Gasteiger partial charge is 0.486 e. The second kappa shape index (κ2) is 8.47. The first-order valence-electron chi connectivity index (χ1n) is 7.41. The number of amides is 1. The number of halogens is 2. The quantitative estimate of drug-likeness (QED) is 0.471. The predicted octanol–water partition coefficient (Wildman–Crippen LogP) is 4.01. The monoisotopic (exact) mass is 396 g/mol. The molecule has 0 bridgehead atoms. The van der Waals surface area contributed by atoms with E-state index in [1.54, 1.807) is 24.3 Å². The number of rotatable bonds is 5. The van der Waals surface area contributed by atoms with E-state index in [1.807, 2.05) is 12.1 Å². The Balaban J connectivity index is 1.53. The summed E-state index contributed by atoms with van der Waals surface area (Å²) in [7, 11) is 0. The Morgan fingerprint density at radius 2 is 1.96 bits per heavy atom. The number of carbonyl (C=O) groups is 1. The molecule has 0 aromatic heterocycles. The van der Waals surface area contributed by atoms with Crippen LogP contribution in [0.3, 0.4) is 0 Å². The van der Waals surface area contributed by atoms with Gasteiger partial charge in [-0.3, -0.25) is 4.79 Å². The van der Waals surface area contributed by atoms with E-state index in [0.29, 0.717) is 40.3 Å². The van der Waals surface area contributed by atoms with Crippen molar-refractivity contribution in [3.05, 3.63) is 52.0 Å². The van der Waals surface area contributed by atoms with Gasteiger partial charge in [0.05, 0.1) is 17.0 Å². The van der Waals surface area contributed by atoms with Crippen LogP contribution in [0.15, 0.2) is 46.4 Å². The number of hydrogen-bond donors (Lipinski definition) is 1. The molecular formula is C17H14Cl2N2O3S. The molecule has 0 fully saturated rings. The standard InChI is InChI=1S/C17H14Cl2N2O3S/c18-12-1-3-13(4-2-12)25-10-16(22)21-20-9-11-7-14(19)17-15(8-11)23-5-6-24-17/h1-4,7-9H,5-6,10H2,(H,21,22)/b20-9-. The number of nitrogens with zero attached hydrogens (tertiary/aromatic N) is 1. The smallest absolute Gasteiger partial charge is 0.250 e. The van der Waals surface area contributed by atoms with Crippen LogP contribution in [0.25, 0.3) is 0 Å². The van der Waals surface area contributed by atoms with Crippen molar-refractivity contribution < 1.29 is 14.3 Å². The maximum atomic E-state index is 11.8. The zero-order valence-corrected chi connectivity index (χ0v) is 15.3. The fourth-order valence-corrected chi connectivity index (χ4v) is 3.19. The van der Waals surface area contributed by atoms with Crippen LogP contribution in [-0.2, 0) is 4.79 Å². The minimum absolute atomic E-state index is 0.208. The maximum Gasteiger partial charge on any atom is 0.250 e. The zero-order valence-electron chi connectivity index (χ0n) is 13.0. The minimum Gasteiger partial charge on any atom is -0.486 e. The molecule has 8 heteroatoms. The van der Waals surface area contributed by atoms with Crippen LogP contribution in [-0.4, -0.2) is 31.1 Å². The molecule has 0 saturated carbocycles. The van der Waals surface area contributed by atoms with E-state index in [9.17, 15) is 4.79 Å². The van der Waals surface area contributed by atoms with E-state index in [1.165, 1.54) is 18.0 Å². The summed E-state index contributed by atoms with van der Waals surface area (Å²) in [5.41, 5.74) is 3.19. The summed E-state index contributed by atoms with van der Waals surface area (Å²) in [6.45, 7) is 0.948.